The standard InChI is InChI=1S/C15H13Cl2NO2/c1-2-9-4-3-5-11(6-9)18-15(20)10-7-12(16)14(19)13(17)8-10/h3-8,19H,2H2,1H3,(H,18,20). The highest BCUT2D eigenvalue weighted by Gasteiger charge is 2.12. The van der Waals surface area contributed by atoms with E-state index in [1.54, 1.807) is 6.07 Å². The van der Waals surface area contributed by atoms with E-state index in [0.717, 1.165) is 12.0 Å². The molecule has 1 amide bonds. The number of halogens is 2. The van der Waals surface area contributed by atoms with E-state index in [-0.39, 0.29) is 21.7 Å². The van der Waals surface area contributed by atoms with Crippen LogP contribution in [0.15, 0.2) is 36.4 Å². The molecule has 0 bridgehead atoms. The van der Waals surface area contributed by atoms with Crippen LogP contribution in [0.25, 0.3) is 0 Å². The largest absolute Gasteiger partial charge is 0.505 e. The van der Waals surface area contributed by atoms with Crippen LogP contribution >= 0.6 is 23.2 Å². The minimum atomic E-state index is -0.331. The van der Waals surface area contributed by atoms with Crippen LogP contribution in [-0.4, -0.2) is 11.0 Å². The van der Waals surface area contributed by atoms with Gasteiger partial charge in [-0.25, -0.2) is 0 Å². The molecule has 2 rings (SSSR count). The predicted molar refractivity (Wildman–Crippen MR) is 81.9 cm³/mol. The smallest absolute Gasteiger partial charge is 0.255 e. The molecule has 0 aliphatic rings. The second-order valence-corrected chi connectivity index (χ2v) is 5.11. The number of hydrogen-bond donors (Lipinski definition) is 2. The first-order chi connectivity index (χ1) is 9.51. The molecule has 2 aromatic rings. The van der Waals surface area contributed by atoms with Gasteiger partial charge >= 0.3 is 0 Å². The van der Waals surface area contributed by atoms with Crippen molar-refractivity contribution in [1.82, 2.24) is 0 Å². The normalized spacial score (nSPS) is 10.3. The minimum Gasteiger partial charge on any atom is -0.505 e. The predicted octanol–water partition coefficient (Wildman–Crippen LogP) is 4.51. The summed E-state index contributed by atoms with van der Waals surface area (Å²) in [4.78, 5) is 12.1. The van der Waals surface area contributed by atoms with Gasteiger partial charge in [0.05, 0.1) is 10.0 Å². The third kappa shape index (κ3) is 3.24. The fourth-order valence-electron chi connectivity index (χ4n) is 1.77. The van der Waals surface area contributed by atoms with E-state index in [9.17, 15) is 9.90 Å². The van der Waals surface area contributed by atoms with Crippen molar-refractivity contribution in [3.05, 3.63) is 57.6 Å². The number of carbonyl (C=O) groups excluding carboxylic acids is 1. The Morgan fingerprint density at radius 1 is 1.20 bits per heavy atom. The number of phenolic OH excluding ortho intramolecular Hbond substituents is 1. The number of carbonyl (C=O) groups is 1. The maximum absolute atomic E-state index is 12.1. The Kier molecular flexibility index (Phi) is 4.53. The van der Waals surface area contributed by atoms with Crippen molar-refractivity contribution in [3.8, 4) is 5.75 Å². The Labute approximate surface area is 127 Å². The highest BCUT2D eigenvalue weighted by Crippen LogP contribution is 2.32. The number of hydrogen-bond acceptors (Lipinski definition) is 2. The van der Waals surface area contributed by atoms with E-state index in [1.165, 1.54) is 12.1 Å². The van der Waals surface area contributed by atoms with Gasteiger partial charge in [0, 0.05) is 11.3 Å². The number of phenols is 1. The molecule has 0 saturated carbocycles. The second kappa shape index (κ2) is 6.16. The molecule has 0 atom stereocenters. The van der Waals surface area contributed by atoms with Crippen molar-refractivity contribution in [1.29, 1.82) is 0 Å². The molecule has 0 saturated heterocycles. The van der Waals surface area contributed by atoms with E-state index < -0.39 is 0 Å². The summed E-state index contributed by atoms with van der Waals surface area (Å²) in [6, 6.07) is 10.3. The molecule has 104 valence electrons. The fraction of sp³-hybridized carbons (Fsp3) is 0.133. The quantitative estimate of drug-likeness (QED) is 0.876. The summed E-state index contributed by atoms with van der Waals surface area (Å²) in [6.45, 7) is 2.04. The molecule has 0 aliphatic heterocycles. The van der Waals surface area contributed by atoms with Gasteiger partial charge < -0.3 is 10.4 Å². The molecule has 0 aliphatic carbocycles. The molecule has 2 aromatic carbocycles. The number of benzene rings is 2. The Balaban J connectivity index is 2.23. The van der Waals surface area contributed by atoms with Crippen molar-refractivity contribution in [2.45, 2.75) is 13.3 Å². The monoisotopic (exact) mass is 309 g/mol. The molecule has 2 N–H and O–H groups in total. The molecule has 20 heavy (non-hydrogen) atoms. The molecule has 0 spiro atoms. The first-order valence-electron chi connectivity index (χ1n) is 6.09. The number of rotatable bonds is 3. The number of nitrogens with one attached hydrogen (secondary N) is 1. The van der Waals surface area contributed by atoms with Gasteiger partial charge in [-0.1, -0.05) is 42.3 Å². The van der Waals surface area contributed by atoms with Gasteiger partial charge in [0.1, 0.15) is 0 Å². The Morgan fingerprint density at radius 3 is 2.45 bits per heavy atom. The van der Waals surface area contributed by atoms with Gasteiger partial charge in [-0.05, 0) is 36.2 Å². The first kappa shape index (κ1) is 14.7. The Hall–Kier alpha value is -1.71. The summed E-state index contributed by atoms with van der Waals surface area (Å²) < 4.78 is 0. The second-order valence-electron chi connectivity index (χ2n) is 4.30. The van der Waals surface area contributed by atoms with Gasteiger partial charge in [0.15, 0.2) is 5.75 Å². The summed E-state index contributed by atoms with van der Waals surface area (Å²) in [5.74, 6) is -0.556. The molecule has 5 heteroatoms. The van der Waals surface area contributed by atoms with Crippen LogP contribution in [0.2, 0.25) is 10.0 Å². The van der Waals surface area contributed by atoms with Gasteiger partial charge in [-0.2, -0.15) is 0 Å². The fourth-order valence-corrected chi connectivity index (χ4v) is 2.26. The lowest BCUT2D eigenvalue weighted by Gasteiger charge is -2.08. The molecule has 0 unspecified atom stereocenters. The topological polar surface area (TPSA) is 49.3 Å². The van der Waals surface area contributed by atoms with E-state index in [0.29, 0.717) is 11.3 Å². The van der Waals surface area contributed by atoms with E-state index in [1.807, 2.05) is 25.1 Å². The summed E-state index contributed by atoms with van der Waals surface area (Å²) in [6.07, 6.45) is 0.889. The highest BCUT2D eigenvalue weighted by atomic mass is 35.5. The number of aromatic hydroxyl groups is 1. The third-order valence-corrected chi connectivity index (χ3v) is 3.45. The van der Waals surface area contributed by atoms with Crippen molar-refractivity contribution < 1.29 is 9.90 Å². The molecular formula is C15H13Cl2NO2. The zero-order valence-corrected chi connectivity index (χ0v) is 12.3. The maximum Gasteiger partial charge on any atom is 0.255 e. The Morgan fingerprint density at radius 2 is 1.85 bits per heavy atom. The molecule has 0 radical (unpaired) electrons. The lowest BCUT2D eigenvalue weighted by molar-refractivity contribution is 0.102. The molecule has 3 nitrogen and oxygen atoms in total. The van der Waals surface area contributed by atoms with Crippen molar-refractivity contribution in [2.75, 3.05) is 5.32 Å². The van der Waals surface area contributed by atoms with Gasteiger partial charge in [-0.15, -0.1) is 0 Å². The summed E-state index contributed by atoms with van der Waals surface area (Å²) in [5, 5.41) is 12.3. The molecular weight excluding hydrogens is 297 g/mol. The SMILES string of the molecule is CCc1cccc(NC(=O)c2cc(Cl)c(O)c(Cl)c2)c1. The van der Waals surface area contributed by atoms with E-state index in [2.05, 4.69) is 5.32 Å². The van der Waals surface area contributed by atoms with Gasteiger partial charge in [0.2, 0.25) is 0 Å². The first-order valence-corrected chi connectivity index (χ1v) is 6.85. The third-order valence-electron chi connectivity index (χ3n) is 2.87. The number of aryl methyl sites for hydroxylation is 1. The lowest BCUT2D eigenvalue weighted by atomic mass is 10.1. The number of anilines is 1. The summed E-state index contributed by atoms with van der Waals surface area (Å²) in [5.41, 5.74) is 2.12. The Bertz CT molecular complexity index is 633. The van der Waals surface area contributed by atoms with Crippen molar-refractivity contribution >= 4 is 34.8 Å². The molecule has 0 fully saturated rings. The van der Waals surface area contributed by atoms with E-state index in [4.69, 9.17) is 23.2 Å². The van der Waals surface area contributed by atoms with E-state index >= 15 is 0 Å². The lowest BCUT2D eigenvalue weighted by Crippen LogP contribution is -2.12. The van der Waals surface area contributed by atoms with Crippen molar-refractivity contribution in [2.24, 2.45) is 0 Å². The maximum atomic E-state index is 12.1. The molecule has 0 heterocycles. The minimum absolute atomic E-state index is 0.0463. The van der Waals surface area contributed by atoms with Crippen LogP contribution in [0.1, 0.15) is 22.8 Å². The average molecular weight is 310 g/mol. The zero-order chi connectivity index (χ0) is 14.7. The summed E-state index contributed by atoms with van der Waals surface area (Å²) in [7, 11) is 0. The van der Waals surface area contributed by atoms with Crippen LogP contribution in [0, 0.1) is 0 Å². The summed E-state index contributed by atoms with van der Waals surface area (Å²) >= 11 is 11.6. The van der Waals surface area contributed by atoms with Crippen LogP contribution in [0.4, 0.5) is 5.69 Å². The van der Waals surface area contributed by atoms with Crippen LogP contribution < -0.4 is 5.32 Å². The van der Waals surface area contributed by atoms with Gasteiger partial charge in [-0.3, -0.25) is 4.79 Å². The van der Waals surface area contributed by atoms with Crippen molar-refractivity contribution in [3.63, 3.8) is 0 Å². The average Bonchev–Trinajstić information content (AvgIpc) is 2.44. The van der Waals surface area contributed by atoms with Gasteiger partial charge in [0.25, 0.3) is 5.91 Å². The number of amides is 1. The van der Waals surface area contributed by atoms with Crippen LogP contribution in [0.5, 0.6) is 5.75 Å². The molecule has 0 aromatic heterocycles. The highest BCUT2D eigenvalue weighted by molar-refractivity contribution is 6.37. The van der Waals surface area contributed by atoms with Crippen LogP contribution in [-0.2, 0) is 6.42 Å². The van der Waals surface area contributed by atoms with Crippen LogP contribution in [0.3, 0.4) is 0 Å². The zero-order valence-electron chi connectivity index (χ0n) is 10.8.